The maximum Gasteiger partial charge on any atom is 0.265 e. The number of amides is 1. The Morgan fingerprint density at radius 3 is 2.90 bits per heavy atom. The van der Waals surface area contributed by atoms with Crippen LogP contribution in [0.2, 0.25) is 0 Å². The first-order valence-corrected chi connectivity index (χ1v) is 8.41. The van der Waals surface area contributed by atoms with Gasteiger partial charge in [-0.2, -0.15) is 0 Å². The van der Waals surface area contributed by atoms with E-state index in [1.807, 2.05) is 6.07 Å². The predicted molar refractivity (Wildman–Crippen MR) is 87.5 cm³/mol. The molecule has 21 heavy (non-hydrogen) atoms. The Labute approximate surface area is 128 Å². The molecule has 0 saturated carbocycles. The average molecular weight is 298 g/mol. The highest BCUT2D eigenvalue weighted by Gasteiger charge is 2.19. The van der Waals surface area contributed by atoms with Crippen molar-refractivity contribution in [2.24, 2.45) is 0 Å². The van der Waals surface area contributed by atoms with E-state index >= 15 is 0 Å². The van der Waals surface area contributed by atoms with Crippen molar-refractivity contribution in [1.82, 2.24) is 0 Å². The van der Waals surface area contributed by atoms with Gasteiger partial charge in [-0.1, -0.05) is 0 Å². The molecule has 108 valence electrons. The van der Waals surface area contributed by atoms with E-state index in [9.17, 15) is 4.79 Å². The first-order valence-electron chi connectivity index (χ1n) is 7.59. The van der Waals surface area contributed by atoms with E-state index in [4.69, 9.17) is 0 Å². The minimum Gasteiger partial charge on any atom is -0.385 e. The number of rotatable bonds is 2. The van der Waals surface area contributed by atoms with E-state index in [2.05, 4.69) is 28.8 Å². The number of aryl methyl sites for hydroxylation is 3. The number of carbonyl (C=O) groups is 1. The summed E-state index contributed by atoms with van der Waals surface area (Å²) in [5.41, 5.74) is 4.78. The van der Waals surface area contributed by atoms with Gasteiger partial charge in [0.25, 0.3) is 5.91 Å². The molecule has 2 aromatic rings. The lowest BCUT2D eigenvalue weighted by atomic mass is 10.0. The molecule has 1 amide bonds. The van der Waals surface area contributed by atoms with Crippen molar-refractivity contribution in [2.45, 2.75) is 32.1 Å². The number of fused-ring (bicyclic) bond motifs is 2. The Kier molecular flexibility index (Phi) is 3.19. The summed E-state index contributed by atoms with van der Waals surface area (Å²) in [5, 5.41) is 6.43. The van der Waals surface area contributed by atoms with Gasteiger partial charge in [-0.05, 0) is 67.5 Å². The van der Waals surface area contributed by atoms with Crippen molar-refractivity contribution in [3.8, 4) is 0 Å². The summed E-state index contributed by atoms with van der Waals surface area (Å²) < 4.78 is 0. The van der Waals surface area contributed by atoms with Gasteiger partial charge >= 0.3 is 0 Å². The number of hydrogen-bond acceptors (Lipinski definition) is 3. The lowest BCUT2D eigenvalue weighted by molar-refractivity contribution is 0.103. The van der Waals surface area contributed by atoms with Crippen LogP contribution in [-0.2, 0) is 19.3 Å². The predicted octanol–water partition coefficient (Wildman–Crippen LogP) is 3.85. The first kappa shape index (κ1) is 12.9. The Bertz CT molecular complexity index is 683. The van der Waals surface area contributed by atoms with E-state index in [0.29, 0.717) is 0 Å². The lowest BCUT2D eigenvalue weighted by Crippen LogP contribution is -2.14. The molecule has 2 N–H and O–H groups in total. The molecular formula is C17H18N2OS. The van der Waals surface area contributed by atoms with Crippen molar-refractivity contribution in [3.05, 3.63) is 45.1 Å². The topological polar surface area (TPSA) is 41.1 Å². The Morgan fingerprint density at radius 2 is 2.00 bits per heavy atom. The molecule has 0 spiro atoms. The van der Waals surface area contributed by atoms with Gasteiger partial charge in [0, 0.05) is 22.8 Å². The van der Waals surface area contributed by atoms with Gasteiger partial charge in [-0.3, -0.25) is 4.79 Å². The minimum absolute atomic E-state index is 0.0260. The minimum atomic E-state index is 0.0260. The summed E-state index contributed by atoms with van der Waals surface area (Å²) in [5.74, 6) is 0.0260. The SMILES string of the molecule is O=C(Nc1ccc2c(c1)CCCN2)c1cc2c(s1)CCC2. The number of carbonyl (C=O) groups excluding carboxylic acids is 1. The number of thiophene rings is 1. The van der Waals surface area contributed by atoms with Crippen molar-refractivity contribution in [1.29, 1.82) is 0 Å². The fourth-order valence-electron chi connectivity index (χ4n) is 3.19. The van der Waals surface area contributed by atoms with Crippen molar-refractivity contribution >= 4 is 28.6 Å². The zero-order valence-corrected chi connectivity index (χ0v) is 12.7. The Hall–Kier alpha value is -1.81. The number of hydrogen-bond donors (Lipinski definition) is 2. The molecule has 0 saturated heterocycles. The smallest absolute Gasteiger partial charge is 0.265 e. The quantitative estimate of drug-likeness (QED) is 0.884. The van der Waals surface area contributed by atoms with Gasteiger partial charge in [-0.15, -0.1) is 11.3 Å². The third kappa shape index (κ3) is 2.44. The number of benzene rings is 1. The van der Waals surface area contributed by atoms with Crippen LogP contribution < -0.4 is 10.6 Å². The van der Waals surface area contributed by atoms with Crippen LogP contribution in [0.4, 0.5) is 11.4 Å². The molecule has 1 aromatic heterocycles. The number of anilines is 2. The molecule has 0 bridgehead atoms. The zero-order chi connectivity index (χ0) is 14.2. The van der Waals surface area contributed by atoms with E-state index in [-0.39, 0.29) is 5.91 Å². The van der Waals surface area contributed by atoms with Crippen LogP contribution in [-0.4, -0.2) is 12.5 Å². The molecule has 1 aromatic carbocycles. The molecule has 2 heterocycles. The van der Waals surface area contributed by atoms with Crippen LogP contribution >= 0.6 is 11.3 Å². The molecule has 1 aliphatic heterocycles. The monoisotopic (exact) mass is 298 g/mol. The zero-order valence-electron chi connectivity index (χ0n) is 11.9. The lowest BCUT2D eigenvalue weighted by Gasteiger charge is -2.18. The second kappa shape index (κ2) is 5.19. The van der Waals surface area contributed by atoms with Gasteiger partial charge in [0.15, 0.2) is 0 Å². The van der Waals surface area contributed by atoms with Gasteiger partial charge in [0.1, 0.15) is 0 Å². The van der Waals surface area contributed by atoms with Gasteiger partial charge in [-0.25, -0.2) is 0 Å². The molecule has 0 unspecified atom stereocenters. The van der Waals surface area contributed by atoms with Gasteiger partial charge < -0.3 is 10.6 Å². The Morgan fingerprint density at radius 1 is 1.10 bits per heavy atom. The third-order valence-corrected chi connectivity index (χ3v) is 5.51. The van der Waals surface area contributed by atoms with Crippen LogP contribution in [0.5, 0.6) is 0 Å². The highest BCUT2D eigenvalue weighted by atomic mass is 32.1. The van der Waals surface area contributed by atoms with Gasteiger partial charge in [0.2, 0.25) is 0 Å². The maximum absolute atomic E-state index is 12.4. The van der Waals surface area contributed by atoms with Crippen LogP contribution in [0.15, 0.2) is 24.3 Å². The molecule has 0 radical (unpaired) electrons. The molecule has 4 rings (SSSR count). The molecule has 3 nitrogen and oxygen atoms in total. The number of nitrogens with one attached hydrogen (secondary N) is 2. The molecule has 4 heteroatoms. The van der Waals surface area contributed by atoms with Crippen molar-refractivity contribution < 1.29 is 4.79 Å². The fraction of sp³-hybridized carbons (Fsp3) is 0.353. The van der Waals surface area contributed by atoms with Crippen LogP contribution in [0, 0.1) is 0 Å². The van der Waals surface area contributed by atoms with Gasteiger partial charge in [0.05, 0.1) is 4.88 Å². The van der Waals surface area contributed by atoms with Crippen LogP contribution in [0.3, 0.4) is 0 Å². The van der Waals surface area contributed by atoms with Crippen molar-refractivity contribution in [2.75, 3.05) is 17.2 Å². The summed E-state index contributed by atoms with van der Waals surface area (Å²) in [6, 6.07) is 8.22. The molecular weight excluding hydrogens is 280 g/mol. The van der Waals surface area contributed by atoms with E-state index < -0.39 is 0 Å². The summed E-state index contributed by atoms with van der Waals surface area (Å²) >= 11 is 1.65. The van der Waals surface area contributed by atoms with E-state index in [0.717, 1.165) is 42.8 Å². The second-order valence-electron chi connectivity index (χ2n) is 5.77. The van der Waals surface area contributed by atoms with E-state index in [1.54, 1.807) is 11.3 Å². The highest BCUT2D eigenvalue weighted by molar-refractivity contribution is 7.14. The summed E-state index contributed by atoms with van der Waals surface area (Å²) in [6.45, 7) is 1.04. The van der Waals surface area contributed by atoms with Crippen LogP contribution in [0.1, 0.15) is 38.5 Å². The molecule has 1 aliphatic carbocycles. The Balaban J connectivity index is 1.53. The summed E-state index contributed by atoms with van der Waals surface area (Å²) in [4.78, 5) is 14.6. The molecule has 2 aliphatic rings. The highest BCUT2D eigenvalue weighted by Crippen LogP contribution is 2.31. The standard InChI is InChI=1S/C17H18N2OS/c20-17(16-10-12-3-1-5-15(12)21-16)19-13-6-7-14-11(9-13)4-2-8-18-14/h6-7,9-10,18H,1-5,8H2,(H,19,20). The average Bonchev–Trinajstić information content (AvgIpc) is 3.08. The molecule has 0 atom stereocenters. The van der Waals surface area contributed by atoms with Crippen molar-refractivity contribution in [3.63, 3.8) is 0 Å². The second-order valence-corrected chi connectivity index (χ2v) is 6.91. The fourth-order valence-corrected chi connectivity index (χ4v) is 4.34. The maximum atomic E-state index is 12.4. The summed E-state index contributed by atoms with van der Waals surface area (Å²) in [7, 11) is 0. The molecule has 0 fully saturated rings. The largest absolute Gasteiger partial charge is 0.385 e. The third-order valence-electron chi connectivity index (χ3n) is 4.27. The van der Waals surface area contributed by atoms with Crippen LogP contribution in [0.25, 0.3) is 0 Å². The first-order chi connectivity index (χ1) is 10.3. The summed E-state index contributed by atoms with van der Waals surface area (Å²) in [6.07, 6.45) is 5.74. The normalized spacial score (nSPS) is 16.0. The van der Waals surface area contributed by atoms with E-state index in [1.165, 1.54) is 28.1 Å².